The fourth-order valence-electron chi connectivity index (χ4n) is 2.70. The number of fused-ring (bicyclic) bond motifs is 1. The summed E-state index contributed by atoms with van der Waals surface area (Å²) in [6, 6.07) is 14.6. The topological polar surface area (TPSA) is 96.5 Å². The molecule has 0 radical (unpaired) electrons. The van der Waals surface area contributed by atoms with Gasteiger partial charge in [-0.25, -0.2) is 9.67 Å². The molecule has 1 N–H and O–H groups in total. The fraction of sp³-hybridized carbons (Fsp3) is 0.105. The van der Waals surface area contributed by atoms with E-state index in [4.69, 9.17) is 5.26 Å². The highest BCUT2D eigenvalue weighted by molar-refractivity contribution is 7.14. The number of aryl methyl sites for hydroxylation is 1. The van der Waals surface area contributed by atoms with E-state index < -0.39 is 0 Å². The van der Waals surface area contributed by atoms with Gasteiger partial charge in [-0.2, -0.15) is 5.26 Å². The third kappa shape index (κ3) is 3.28. The number of carbonyl (C=O) groups is 1. The molecule has 4 rings (SSSR count). The Kier molecular flexibility index (Phi) is 4.36. The van der Waals surface area contributed by atoms with Crippen molar-refractivity contribution in [3.63, 3.8) is 0 Å². The number of aromatic nitrogens is 4. The summed E-state index contributed by atoms with van der Waals surface area (Å²) in [5.41, 5.74) is 4.32. The van der Waals surface area contributed by atoms with Crippen molar-refractivity contribution in [2.24, 2.45) is 0 Å². The zero-order chi connectivity index (χ0) is 18.8. The van der Waals surface area contributed by atoms with Crippen LogP contribution in [0.1, 0.15) is 22.8 Å². The Hall–Kier alpha value is -3.57. The fourth-order valence-corrected chi connectivity index (χ4v) is 3.41. The summed E-state index contributed by atoms with van der Waals surface area (Å²) in [5, 5.41) is 22.2. The van der Waals surface area contributed by atoms with Crippen molar-refractivity contribution in [3.8, 4) is 17.3 Å². The van der Waals surface area contributed by atoms with Crippen molar-refractivity contribution in [2.75, 3.05) is 5.32 Å². The zero-order valence-electron chi connectivity index (χ0n) is 14.4. The second-order valence-corrected chi connectivity index (χ2v) is 6.65. The molecule has 4 aromatic rings. The lowest BCUT2D eigenvalue weighted by atomic mass is 10.1. The van der Waals surface area contributed by atoms with Gasteiger partial charge >= 0.3 is 0 Å². The van der Waals surface area contributed by atoms with Crippen LogP contribution in [0.5, 0.6) is 0 Å². The van der Waals surface area contributed by atoms with Gasteiger partial charge in [0.25, 0.3) is 5.91 Å². The molecular weight excluding hydrogens is 360 g/mol. The summed E-state index contributed by atoms with van der Waals surface area (Å²) in [7, 11) is 0. The molecule has 7 nitrogen and oxygen atoms in total. The Morgan fingerprint density at radius 1 is 1.26 bits per heavy atom. The van der Waals surface area contributed by atoms with Gasteiger partial charge in [-0.1, -0.05) is 17.3 Å². The monoisotopic (exact) mass is 374 g/mol. The average molecular weight is 374 g/mol. The molecule has 0 saturated carbocycles. The van der Waals surface area contributed by atoms with E-state index in [1.165, 1.54) is 11.3 Å². The van der Waals surface area contributed by atoms with Crippen LogP contribution in [0.25, 0.3) is 22.3 Å². The Bertz CT molecular complexity index is 1170. The molecule has 8 heteroatoms. The molecule has 1 amide bonds. The lowest BCUT2D eigenvalue weighted by molar-refractivity contribution is 0.102. The molecule has 2 aromatic carbocycles. The van der Waals surface area contributed by atoms with Crippen LogP contribution in [-0.4, -0.2) is 25.9 Å². The van der Waals surface area contributed by atoms with E-state index in [0.29, 0.717) is 21.8 Å². The van der Waals surface area contributed by atoms with Crippen molar-refractivity contribution in [2.45, 2.75) is 13.5 Å². The average Bonchev–Trinajstić information content (AvgIpc) is 3.34. The van der Waals surface area contributed by atoms with E-state index in [9.17, 15) is 4.79 Å². The van der Waals surface area contributed by atoms with Gasteiger partial charge in [-0.3, -0.25) is 10.1 Å². The minimum atomic E-state index is -0.247. The zero-order valence-corrected chi connectivity index (χ0v) is 15.2. The van der Waals surface area contributed by atoms with Gasteiger partial charge in [0.1, 0.15) is 5.52 Å². The summed E-state index contributed by atoms with van der Waals surface area (Å²) >= 11 is 1.35. The molecule has 132 valence electrons. The van der Waals surface area contributed by atoms with E-state index in [1.54, 1.807) is 28.9 Å². The second-order valence-electron chi connectivity index (χ2n) is 5.79. The molecule has 0 saturated heterocycles. The highest BCUT2D eigenvalue weighted by atomic mass is 32.1. The SMILES string of the molecule is CCn1nnc2cc(C(=O)Nc3nc(-c4ccc(C#N)cc4)cs3)ccc21. The van der Waals surface area contributed by atoms with Gasteiger partial charge in [0.2, 0.25) is 0 Å². The highest BCUT2D eigenvalue weighted by Crippen LogP contribution is 2.25. The van der Waals surface area contributed by atoms with Crippen molar-refractivity contribution in [1.82, 2.24) is 20.0 Å². The number of rotatable bonds is 4. The quantitative estimate of drug-likeness (QED) is 0.587. The first-order valence-corrected chi connectivity index (χ1v) is 9.16. The van der Waals surface area contributed by atoms with Gasteiger partial charge in [-0.05, 0) is 37.3 Å². The molecule has 27 heavy (non-hydrogen) atoms. The van der Waals surface area contributed by atoms with E-state index in [2.05, 4.69) is 26.7 Å². The maximum absolute atomic E-state index is 12.5. The molecule has 0 aliphatic rings. The molecule has 0 spiro atoms. The molecule has 0 bridgehead atoms. The van der Waals surface area contributed by atoms with Gasteiger partial charge in [-0.15, -0.1) is 16.4 Å². The van der Waals surface area contributed by atoms with Gasteiger partial charge < -0.3 is 0 Å². The van der Waals surface area contributed by atoms with Crippen LogP contribution in [0.3, 0.4) is 0 Å². The van der Waals surface area contributed by atoms with E-state index >= 15 is 0 Å². The normalized spacial score (nSPS) is 10.7. The first kappa shape index (κ1) is 16.9. The van der Waals surface area contributed by atoms with Gasteiger partial charge in [0.15, 0.2) is 5.13 Å². The van der Waals surface area contributed by atoms with Gasteiger partial charge in [0.05, 0.1) is 22.8 Å². The molecule has 0 aliphatic carbocycles. The Balaban J connectivity index is 1.53. The lowest BCUT2D eigenvalue weighted by Gasteiger charge is -2.02. The number of nitrogens with one attached hydrogen (secondary N) is 1. The van der Waals surface area contributed by atoms with Crippen LogP contribution in [0.15, 0.2) is 47.8 Å². The van der Waals surface area contributed by atoms with Crippen LogP contribution in [-0.2, 0) is 6.54 Å². The van der Waals surface area contributed by atoms with Crippen LogP contribution >= 0.6 is 11.3 Å². The number of hydrogen-bond acceptors (Lipinski definition) is 6. The minimum absolute atomic E-state index is 0.247. The van der Waals surface area contributed by atoms with E-state index in [-0.39, 0.29) is 5.91 Å². The third-order valence-electron chi connectivity index (χ3n) is 4.11. The smallest absolute Gasteiger partial charge is 0.257 e. The first-order chi connectivity index (χ1) is 13.2. The lowest BCUT2D eigenvalue weighted by Crippen LogP contribution is -2.11. The number of nitriles is 1. The highest BCUT2D eigenvalue weighted by Gasteiger charge is 2.12. The summed E-state index contributed by atoms with van der Waals surface area (Å²) in [6.07, 6.45) is 0. The predicted molar refractivity (Wildman–Crippen MR) is 103 cm³/mol. The molecule has 2 heterocycles. The third-order valence-corrected chi connectivity index (χ3v) is 4.87. The number of benzene rings is 2. The first-order valence-electron chi connectivity index (χ1n) is 8.28. The molecular formula is C19H14N6OS. The Labute approximate surface area is 158 Å². The summed E-state index contributed by atoms with van der Waals surface area (Å²) in [6.45, 7) is 2.71. The number of amides is 1. The van der Waals surface area contributed by atoms with Crippen molar-refractivity contribution in [3.05, 3.63) is 59.0 Å². The van der Waals surface area contributed by atoms with Crippen LogP contribution in [0.4, 0.5) is 5.13 Å². The molecule has 0 unspecified atom stereocenters. The minimum Gasteiger partial charge on any atom is -0.298 e. The number of carbonyl (C=O) groups excluding carboxylic acids is 1. The summed E-state index contributed by atoms with van der Waals surface area (Å²) in [4.78, 5) is 17.0. The number of hydrogen-bond donors (Lipinski definition) is 1. The summed E-state index contributed by atoms with van der Waals surface area (Å²) < 4.78 is 1.78. The number of anilines is 1. The van der Waals surface area contributed by atoms with Crippen molar-refractivity contribution >= 4 is 33.4 Å². The molecule has 0 fully saturated rings. The molecule has 0 aliphatic heterocycles. The van der Waals surface area contributed by atoms with Gasteiger partial charge in [0, 0.05) is 23.1 Å². The maximum Gasteiger partial charge on any atom is 0.257 e. The number of thiazole rings is 1. The molecule has 2 aromatic heterocycles. The second kappa shape index (κ2) is 6.97. The summed E-state index contributed by atoms with van der Waals surface area (Å²) in [5.74, 6) is -0.247. The van der Waals surface area contributed by atoms with Crippen LogP contribution < -0.4 is 5.32 Å². The van der Waals surface area contributed by atoms with Crippen LogP contribution in [0, 0.1) is 11.3 Å². The predicted octanol–water partition coefficient (Wildman–Crippen LogP) is 3.70. The van der Waals surface area contributed by atoms with Crippen molar-refractivity contribution < 1.29 is 4.79 Å². The maximum atomic E-state index is 12.5. The Morgan fingerprint density at radius 3 is 2.81 bits per heavy atom. The Morgan fingerprint density at radius 2 is 2.07 bits per heavy atom. The van der Waals surface area contributed by atoms with Crippen molar-refractivity contribution in [1.29, 1.82) is 5.26 Å². The van der Waals surface area contributed by atoms with E-state index in [1.807, 2.05) is 30.5 Å². The molecule has 0 atom stereocenters. The van der Waals surface area contributed by atoms with E-state index in [0.717, 1.165) is 23.3 Å². The number of nitrogens with zero attached hydrogens (tertiary/aromatic N) is 5. The standard InChI is InChI=1S/C19H14N6OS/c1-2-25-17-8-7-14(9-15(17)23-24-25)18(26)22-19-21-16(11-27-19)13-5-3-12(10-20)4-6-13/h3-9,11H,2H2,1H3,(H,21,22,26). The largest absolute Gasteiger partial charge is 0.298 e. The van der Waals surface area contributed by atoms with Crippen LogP contribution in [0.2, 0.25) is 0 Å².